The molecule has 1 spiro atoms. The highest BCUT2D eigenvalue weighted by Crippen LogP contribution is 2.32. The Balaban J connectivity index is 1.76. The van der Waals surface area contributed by atoms with Crippen LogP contribution in [0.3, 0.4) is 0 Å². The highest BCUT2D eigenvalue weighted by molar-refractivity contribution is 7.88. The molecule has 2 aliphatic rings. The minimum absolute atomic E-state index is 0.403. The number of benzene rings is 1. The summed E-state index contributed by atoms with van der Waals surface area (Å²) in [7, 11) is -1.52. The third kappa shape index (κ3) is 3.62. The summed E-state index contributed by atoms with van der Waals surface area (Å²) in [6.45, 7) is 3.02. The number of morpholine rings is 1. The average Bonchev–Trinajstić information content (AvgIpc) is 2.54. The molecule has 7 heteroatoms. The molecule has 0 amide bonds. The maximum absolute atomic E-state index is 11.9. The molecule has 2 fully saturated rings. The fourth-order valence-electron chi connectivity index (χ4n) is 3.45. The van der Waals surface area contributed by atoms with Crippen molar-refractivity contribution in [3.05, 3.63) is 24.3 Å². The van der Waals surface area contributed by atoms with E-state index in [1.165, 1.54) is 6.26 Å². The van der Waals surface area contributed by atoms with Gasteiger partial charge in [-0.15, -0.1) is 0 Å². The monoisotopic (exact) mass is 340 g/mol. The Morgan fingerprint density at radius 1 is 1.17 bits per heavy atom. The number of nitrogens with zero attached hydrogens (tertiary/aromatic N) is 2. The van der Waals surface area contributed by atoms with Gasteiger partial charge >= 0.3 is 0 Å². The van der Waals surface area contributed by atoms with E-state index in [9.17, 15) is 8.42 Å². The maximum Gasteiger partial charge on any atom is 0.211 e. The Bertz CT molecular complexity index is 643. The smallest absolute Gasteiger partial charge is 0.211 e. The number of anilines is 1. The summed E-state index contributed by atoms with van der Waals surface area (Å²) < 4.78 is 36.6. The van der Waals surface area contributed by atoms with Gasteiger partial charge in [0.2, 0.25) is 10.0 Å². The summed E-state index contributed by atoms with van der Waals surface area (Å²) in [5.41, 5.74) is 0.712. The van der Waals surface area contributed by atoms with Crippen LogP contribution in [0.15, 0.2) is 24.3 Å². The second-order valence-corrected chi connectivity index (χ2v) is 8.33. The number of hydrogen-bond donors (Lipinski definition) is 0. The Hall–Kier alpha value is -1.31. The van der Waals surface area contributed by atoms with Crippen LogP contribution in [0, 0.1) is 0 Å². The van der Waals surface area contributed by atoms with Crippen molar-refractivity contribution in [3.8, 4) is 5.75 Å². The summed E-state index contributed by atoms with van der Waals surface area (Å²) in [5.74, 6) is 0.831. The molecule has 0 aromatic heterocycles. The highest BCUT2D eigenvalue weighted by Gasteiger charge is 2.42. The second kappa shape index (κ2) is 6.30. The lowest BCUT2D eigenvalue weighted by Gasteiger charge is -2.48. The van der Waals surface area contributed by atoms with Gasteiger partial charge in [-0.1, -0.05) is 0 Å². The third-order valence-electron chi connectivity index (χ3n) is 4.66. The summed E-state index contributed by atoms with van der Waals surface area (Å²) in [6, 6.07) is 7.96. The van der Waals surface area contributed by atoms with E-state index in [-0.39, 0.29) is 0 Å². The number of hydrogen-bond acceptors (Lipinski definition) is 5. The quantitative estimate of drug-likeness (QED) is 0.831. The van der Waals surface area contributed by atoms with Crippen LogP contribution in [-0.4, -0.2) is 64.5 Å². The van der Waals surface area contributed by atoms with E-state index in [2.05, 4.69) is 4.90 Å². The zero-order valence-electron chi connectivity index (χ0n) is 13.7. The topological polar surface area (TPSA) is 59.1 Å². The fourth-order valence-corrected chi connectivity index (χ4v) is 4.33. The standard InChI is InChI=1S/C16H24N2O4S/c1-21-15-6-4-14(5-7-15)17-9-3-8-16(12-17)13-18(10-11-22-16)23(2,19)20/h4-7H,3,8-13H2,1-2H3. The van der Waals surface area contributed by atoms with E-state index in [1.54, 1.807) is 11.4 Å². The van der Waals surface area contributed by atoms with Crippen molar-refractivity contribution in [1.29, 1.82) is 0 Å². The second-order valence-electron chi connectivity index (χ2n) is 6.35. The Labute approximate surface area is 138 Å². The van der Waals surface area contributed by atoms with Gasteiger partial charge < -0.3 is 14.4 Å². The van der Waals surface area contributed by atoms with E-state index in [0.29, 0.717) is 26.2 Å². The molecule has 6 nitrogen and oxygen atoms in total. The Kier molecular flexibility index (Phi) is 4.53. The number of piperidine rings is 1. The number of methoxy groups -OCH3 is 1. The highest BCUT2D eigenvalue weighted by atomic mass is 32.2. The van der Waals surface area contributed by atoms with Gasteiger partial charge in [-0.2, -0.15) is 4.31 Å². The van der Waals surface area contributed by atoms with Crippen LogP contribution in [0.25, 0.3) is 0 Å². The lowest BCUT2D eigenvalue weighted by Crippen LogP contribution is -2.60. The van der Waals surface area contributed by atoms with Crippen LogP contribution in [0.2, 0.25) is 0 Å². The lowest BCUT2D eigenvalue weighted by molar-refractivity contribution is -0.0948. The molecule has 2 aliphatic heterocycles. The minimum atomic E-state index is -3.17. The molecule has 0 saturated carbocycles. The molecule has 3 rings (SSSR count). The molecule has 128 valence electrons. The van der Waals surface area contributed by atoms with Crippen molar-refractivity contribution in [2.45, 2.75) is 18.4 Å². The van der Waals surface area contributed by atoms with Crippen molar-refractivity contribution in [2.75, 3.05) is 51.1 Å². The largest absolute Gasteiger partial charge is 0.497 e. The first-order chi connectivity index (χ1) is 10.9. The molecule has 1 atom stereocenters. The molecule has 1 aromatic rings. The van der Waals surface area contributed by atoms with Gasteiger partial charge in [0.25, 0.3) is 0 Å². The van der Waals surface area contributed by atoms with Crippen LogP contribution < -0.4 is 9.64 Å². The normalized spacial score (nSPS) is 26.4. The van der Waals surface area contributed by atoms with Crippen LogP contribution in [0.5, 0.6) is 5.75 Å². The molecular weight excluding hydrogens is 316 g/mol. The van der Waals surface area contributed by atoms with Crippen molar-refractivity contribution < 1.29 is 17.9 Å². The molecule has 2 saturated heterocycles. The first-order valence-electron chi connectivity index (χ1n) is 7.90. The number of ether oxygens (including phenoxy) is 2. The Morgan fingerprint density at radius 3 is 2.57 bits per heavy atom. The van der Waals surface area contributed by atoms with E-state index in [4.69, 9.17) is 9.47 Å². The zero-order chi connectivity index (χ0) is 16.5. The van der Waals surface area contributed by atoms with Gasteiger partial charge in [-0.25, -0.2) is 8.42 Å². The molecule has 0 bridgehead atoms. The molecule has 0 radical (unpaired) electrons. The van der Waals surface area contributed by atoms with Crippen LogP contribution in [0.1, 0.15) is 12.8 Å². The van der Waals surface area contributed by atoms with Gasteiger partial charge in [-0.05, 0) is 37.1 Å². The predicted molar refractivity (Wildman–Crippen MR) is 89.5 cm³/mol. The summed E-state index contributed by atoms with van der Waals surface area (Å²) in [4.78, 5) is 2.27. The number of sulfonamides is 1. The average molecular weight is 340 g/mol. The van der Waals surface area contributed by atoms with Crippen LogP contribution in [0.4, 0.5) is 5.69 Å². The summed E-state index contributed by atoms with van der Waals surface area (Å²) >= 11 is 0. The SMILES string of the molecule is COc1ccc(N2CCCC3(C2)CN(S(C)(=O)=O)CCO3)cc1. The van der Waals surface area contributed by atoms with E-state index < -0.39 is 15.6 Å². The lowest BCUT2D eigenvalue weighted by atomic mass is 9.91. The first kappa shape index (κ1) is 16.5. The maximum atomic E-state index is 11.9. The first-order valence-corrected chi connectivity index (χ1v) is 9.75. The van der Waals surface area contributed by atoms with Crippen LogP contribution in [-0.2, 0) is 14.8 Å². The van der Waals surface area contributed by atoms with Crippen LogP contribution >= 0.6 is 0 Å². The van der Waals surface area contributed by atoms with Gasteiger partial charge in [0.1, 0.15) is 5.75 Å². The van der Waals surface area contributed by atoms with Crippen molar-refractivity contribution >= 4 is 15.7 Å². The molecule has 0 N–H and O–H groups in total. The molecule has 23 heavy (non-hydrogen) atoms. The van der Waals surface area contributed by atoms with Crippen molar-refractivity contribution in [1.82, 2.24) is 4.31 Å². The van der Waals surface area contributed by atoms with Gasteiger partial charge in [0, 0.05) is 31.9 Å². The predicted octanol–water partition coefficient (Wildman–Crippen LogP) is 1.33. The van der Waals surface area contributed by atoms with Crippen molar-refractivity contribution in [2.24, 2.45) is 0 Å². The molecule has 1 unspecified atom stereocenters. The molecule has 1 aromatic carbocycles. The number of rotatable bonds is 3. The third-order valence-corrected chi connectivity index (χ3v) is 5.91. The minimum Gasteiger partial charge on any atom is -0.497 e. The van der Waals surface area contributed by atoms with Gasteiger partial charge in [0.15, 0.2) is 0 Å². The van der Waals surface area contributed by atoms with Gasteiger partial charge in [0.05, 0.1) is 25.6 Å². The van der Waals surface area contributed by atoms with E-state index in [0.717, 1.165) is 30.8 Å². The molecule has 0 aliphatic carbocycles. The molecule has 2 heterocycles. The van der Waals surface area contributed by atoms with Gasteiger partial charge in [-0.3, -0.25) is 0 Å². The summed E-state index contributed by atoms with van der Waals surface area (Å²) in [6.07, 6.45) is 3.16. The fraction of sp³-hybridized carbons (Fsp3) is 0.625. The van der Waals surface area contributed by atoms with E-state index >= 15 is 0 Å². The zero-order valence-corrected chi connectivity index (χ0v) is 14.5. The Morgan fingerprint density at radius 2 is 1.91 bits per heavy atom. The van der Waals surface area contributed by atoms with Crippen molar-refractivity contribution in [3.63, 3.8) is 0 Å². The summed E-state index contributed by atoms with van der Waals surface area (Å²) in [5, 5.41) is 0. The van der Waals surface area contributed by atoms with E-state index in [1.807, 2.05) is 24.3 Å². The molecular formula is C16H24N2O4S.